The summed E-state index contributed by atoms with van der Waals surface area (Å²) in [5.41, 5.74) is 9.83. The molecule has 8 aromatic carbocycles. The van der Waals surface area contributed by atoms with Crippen molar-refractivity contribution in [3.8, 4) is 67.5 Å². The first-order valence-corrected chi connectivity index (χ1v) is 16.9. The summed E-state index contributed by atoms with van der Waals surface area (Å²) < 4.78 is 0. The third-order valence-electron chi connectivity index (χ3n) is 9.33. The zero-order valence-electron chi connectivity index (χ0n) is 27.2. The van der Waals surface area contributed by atoms with Gasteiger partial charge in [0.05, 0.1) is 0 Å². The molecule has 0 aliphatic rings. The largest absolute Gasteiger partial charge is 0.208 e. The molecular weight excluding hydrogens is 607 g/mol. The van der Waals surface area contributed by atoms with Crippen LogP contribution in [0.2, 0.25) is 0 Å². The lowest BCUT2D eigenvalue weighted by Crippen LogP contribution is -2.00. The second-order valence-electron chi connectivity index (χ2n) is 12.5. The van der Waals surface area contributed by atoms with E-state index in [4.69, 9.17) is 15.0 Å². The highest BCUT2D eigenvalue weighted by molar-refractivity contribution is 5.97. The number of nitrogens with zero attached hydrogens (tertiary/aromatic N) is 3. The molecule has 0 aliphatic carbocycles. The molecule has 0 amide bonds. The zero-order valence-corrected chi connectivity index (χ0v) is 27.2. The molecule has 9 rings (SSSR count). The van der Waals surface area contributed by atoms with Crippen LogP contribution in [-0.4, -0.2) is 15.0 Å². The van der Waals surface area contributed by atoms with Gasteiger partial charge in [-0.1, -0.05) is 176 Å². The summed E-state index contributed by atoms with van der Waals surface area (Å²) in [7, 11) is 0. The van der Waals surface area contributed by atoms with Gasteiger partial charge in [-0.15, -0.1) is 0 Å². The van der Waals surface area contributed by atoms with Crippen molar-refractivity contribution < 1.29 is 0 Å². The van der Waals surface area contributed by atoms with E-state index in [0.29, 0.717) is 17.5 Å². The maximum atomic E-state index is 5.04. The number of hydrogen-bond acceptors (Lipinski definition) is 3. The smallest absolute Gasteiger partial charge is 0.164 e. The van der Waals surface area contributed by atoms with Crippen LogP contribution in [0.5, 0.6) is 0 Å². The third kappa shape index (κ3) is 5.72. The topological polar surface area (TPSA) is 38.7 Å². The molecule has 0 bridgehead atoms. The number of benzene rings is 8. The Kier molecular flexibility index (Phi) is 7.49. The second kappa shape index (κ2) is 12.7. The highest BCUT2D eigenvalue weighted by Gasteiger charge is 2.14. The zero-order chi connectivity index (χ0) is 33.3. The normalized spacial score (nSPS) is 11.2. The molecule has 234 valence electrons. The van der Waals surface area contributed by atoms with Gasteiger partial charge >= 0.3 is 0 Å². The summed E-state index contributed by atoms with van der Waals surface area (Å²) in [5.74, 6) is 1.93. The second-order valence-corrected chi connectivity index (χ2v) is 12.5. The van der Waals surface area contributed by atoms with Gasteiger partial charge in [0.15, 0.2) is 17.5 Å². The van der Waals surface area contributed by atoms with Crippen molar-refractivity contribution in [2.24, 2.45) is 0 Å². The van der Waals surface area contributed by atoms with Crippen molar-refractivity contribution in [3.05, 3.63) is 188 Å². The quantitative estimate of drug-likeness (QED) is 0.182. The molecule has 0 atom stereocenters. The van der Waals surface area contributed by atoms with Crippen LogP contribution < -0.4 is 0 Å². The first kappa shape index (κ1) is 29.4. The molecule has 9 aromatic rings. The fourth-order valence-corrected chi connectivity index (χ4v) is 6.69. The average molecular weight is 638 g/mol. The molecule has 0 fully saturated rings. The minimum atomic E-state index is 0.640. The number of aromatic nitrogens is 3. The number of rotatable bonds is 6. The maximum Gasteiger partial charge on any atom is 0.164 e. The Labute approximate surface area is 291 Å². The Hall–Kier alpha value is -6.71. The van der Waals surface area contributed by atoms with Crippen molar-refractivity contribution in [1.82, 2.24) is 15.0 Å². The molecule has 1 aromatic heterocycles. The van der Waals surface area contributed by atoms with E-state index in [2.05, 4.69) is 158 Å². The lowest BCUT2D eigenvalue weighted by Gasteiger charge is -2.11. The fraction of sp³-hybridized carbons (Fsp3) is 0. The van der Waals surface area contributed by atoms with Gasteiger partial charge in [-0.25, -0.2) is 15.0 Å². The fourth-order valence-electron chi connectivity index (χ4n) is 6.69. The Balaban J connectivity index is 1.07. The third-order valence-corrected chi connectivity index (χ3v) is 9.33. The molecule has 3 nitrogen and oxygen atoms in total. The van der Waals surface area contributed by atoms with Crippen LogP contribution in [0.15, 0.2) is 188 Å². The van der Waals surface area contributed by atoms with E-state index >= 15 is 0 Å². The van der Waals surface area contributed by atoms with Crippen LogP contribution >= 0.6 is 0 Å². The van der Waals surface area contributed by atoms with Crippen molar-refractivity contribution in [3.63, 3.8) is 0 Å². The van der Waals surface area contributed by atoms with Crippen molar-refractivity contribution in [2.45, 2.75) is 0 Å². The lowest BCUT2D eigenvalue weighted by atomic mass is 9.97. The lowest BCUT2D eigenvalue weighted by molar-refractivity contribution is 1.07. The standard InChI is InChI=1S/C47H31N3/c1-2-12-37(13-3-1)45-48-46(38-27-25-36(26-28-38)44-19-9-15-35-11-6-7-18-43(35)44)50-47(49-45)42-17-8-16-40(31-42)33-20-22-34(23-21-33)41-29-24-32-10-4-5-14-39(32)30-41/h1-31H. The number of fused-ring (bicyclic) bond motifs is 2. The van der Waals surface area contributed by atoms with Gasteiger partial charge in [0.1, 0.15) is 0 Å². The van der Waals surface area contributed by atoms with Crippen LogP contribution in [0.3, 0.4) is 0 Å². The van der Waals surface area contributed by atoms with Gasteiger partial charge < -0.3 is 0 Å². The Morgan fingerprint density at radius 2 is 0.700 bits per heavy atom. The van der Waals surface area contributed by atoms with E-state index < -0.39 is 0 Å². The molecule has 0 aliphatic heterocycles. The SMILES string of the molecule is c1ccc(-c2nc(-c3ccc(-c4cccc5ccccc45)cc3)nc(-c3cccc(-c4ccc(-c5ccc6ccccc6c5)cc4)c3)n2)cc1. The monoisotopic (exact) mass is 637 g/mol. The van der Waals surface area contributed by atoms with Gasteiger partial charge in [0, 0.05) is 16.7 Å². The van der Waals surface area contributed by atoms with Gasteiger partial charge in [-0.3, -0.25) is 0 Å². The van der Waals surface area contributed by atoms with Gasteiger partial charge in [0.25, 0.3) is 0 Å². The summed E-state index contributed by atoms with van der Waals surface area (Å²) in [6.45, 7) is 0. The summed E-state index contributed by atoms with van der Waals surface area (Å²) in [4.78, 5) is 15.0. The van der Waals surface area contributed by atoms with Gasteiger partial charge in [-0.05, 0) is 67.1 Å². The summed E-state index contributed by atoms with van der Waals surface area (Å²) >= 11 is 0. The Bertz CT molecular complexity index is 2620. The first-order valence-electron chi connectivity index (χ1n) is 16.9. The average Bonchev–Trinajstić information content (AvgIpc) is 3.21. The van der Waals surface area contributed by atoms with Crippen molar-refractivity contribution in [2.75, 3.05) is 0 Å². The predicted molar refractivity (Wildman–Crippen MR) is 207 cm³/mol. The molecule has 50 heavy (non-hydrogen) atoms. The van der Waals surface area contributed by atoms with Crippen LogP contribution in [-0.2, 0) is 0 Å². The van der Waals surface area contributed by atoms with E-state index in [-0.39, 0.29) is 0 Å². The first-order chi connectivity index (χ1) is 24.7. The van der Waals surface area contributed by atoms with Crippen LogP contribution in [0.1, 0.15) is 0 Å². The molecule has 0 N–H and O–H groups in total. The molecule has 0 saturated carbocycles. The molecule has 0 radical (unpaired) electrons. The Morgan fingerprint density at radius 1 is 0.240 bits per heavy atom. The van der Waals surface area contributed by atoms with E-state index in [1.807, 2.05) is 30.3 Å². The van der Waals surface area contributed by atoms with Crippen molar-refractivity contribution in [1.29, 1.82) is 0 Å². The maximum absolute atomic E-state index is 5.04. The summed E-state index contributed by atoms with van der Waals surface area (Å²) in [5, 5.41) is 4.96. The highest BCUT2D eigenvalue weighted by atomic mass is 15.0. The van der Waals surface area contributed by atoms with Crippen molar-refractivity contribution >= 4 is 21.5 Å². The Morgan fingerprint density at radius 3 is 1.44 bits per heavy atom. The van der Waals surface area contributed by atoms with Crippen LogP contribution in [0.4, 0.5) is 0 Å². The molecule has 3 heteroatoms. The van der Waals surface area contributed by atoms with E-state index in [9.17, 15) is 0 Å². The van der Waals surface area contributed by atoms with E-state index in [0.717, 1.165) is 33.4 Å². The molecular formula is C47H31N3. The van der Waals surface area contributed by atoms with Gasteiger partial charge in [-0.2, -0.15) is 0 Å². The van der Waals surface area contributed by atoms with E-state index in [1.54, 1.807) is 0 Å². The van der Waals surface area contributed by atoms with Gasteiger partial charge in [0.2, 0.25) is 0 Å². The van der Waals surface area contributed by atoms with E-state index in [1.165, 1.54) is 38.2 Å². The number of hydrogen-bond donors (Lipinski definition) is 0. The molecule has 1 heterocycles. The molecule has 0 spiro atoms. The highest BCUT2D eigenvalue weighted by Crippen LogP contribution is 2.33. The minimum Gasteiger partial charge on any atom is -0.208 e. The minimum absolute atomic E-state index is 0.640. The predicted octanol–water partition coefficient (Wildman–Crippen LogP) is 12.2. The van der Waals surface area contributed by atoms with Crippen LogP contribution in [0, 0.1) is 0 Å². The summed E-state index contributed by atoms with van der Waals surface area (Å²) in [6, 6.07) is 65.9. The molecule has 0 unspecified atom stereocenters. The molecule has 0 saturated heterocycles. The van der Waals surface area contributed by atoms with Crippen LogP contribution in [0.25, 0.3) is 89.1 Å². The summed E-state index contributed by atoms with van der Waals surface area (Å²) in [6.07, 6.45) is 0.